The molecule has 1 atom stereocenters. The van der Waals surface area contributed by atoms with Crippen LogP contribution in [0, 0.1) is 18.6 Å². The van der Waals surface area contributed by atoms with Gasteiger partial charge >= 0.3 is 0 Å². The zero-order valence-electron chi connectivity index (χ0n) is 18.3. The summed E-state index contributed by atoms with van der Waals surface area (Å²) in [5.74, 6) is -1.89. The van der Waals surface area contributed by atoms with Crippen LogP contribution in [-0.4, -0.2) is 60.4 Å². The third-order valence-corrected chi connectivity index (χ3v) is 6.64. The average molecular weight is 442 g/mol. The number of nitrogens with one attached hydrogen (secondary N) is 1. The molecule has 2 aromatic carbocycles. The number of aryl methyl sites for hydroxylation is 1. The summed E-state index contributed by atoms with van der Waals surface area (Å²) in [5, 5.41) is 2.48. The molecule has 0 radical (unpaired) electrons. The summed E-state index contributed by atoms with van der Waals surface area (Å²) in [6.07, 6.45) is 3.16. The topological polar surface area (TPSA) is 52.6 Å². The van der Waals surface area contributed by atoms with Gasteiger partial charge in [-0.3, -0.25) is 14.5 Å². The lowest BCUT2D eigenvalue weighted by Gasteiger charge is -2.36. The molecule has 2 aromatic rings. The Morgan fingerprint density at radius 3 is 2.28 bits per heavy atom. The summed E-state index contributed by atoms with van der Waals surface area (Å²) in [6, 6.07) is 11.8. The van der Waals surface area contributed by atoms with Crippen LogP contribution in [0.4, 0.5) is 8.78 Å². The molecule has 2 aliphatic rings. The fourth-order valence-corrected chi connectivity index (χ4v) is 4.76. The van der Waals surface area contributed by atoms with Crippen LogP contribution in [0.3, 0.4) is 0 Å². The van der Waals surface area contributed by atoms with Gasteiger partial charge < -0.3 is 10.2 Å². The number of hydrogen-bond donors (Lipinski definition) is 1. The van der Waals surface area contributed by atoms with Crippen LogP contribution in [-0.2, 0) is 4.79 Å². The molecular weight excluding hydrogens is 412 g/mol. The number of likely N-dealkylation sites (tertiary alicyclic amines) is 2. The summed E-state index contributed by atoms with van der Waals surface area (Å²) >= 11 is 0. The van der Waals surface area contributed by atoms with Gasteiger partial charge in [0.25, 0.3) is 5.91 Å². The van der Waals surface area contributed by atoms with Gasteiger partial charge in [-0.1, -0.05) is 29.8 Å². The lowest BCUT2D eigenvalue weighted by molar-refractivity contribution is -0.129. The molecule has 4 rings (SSSR count). The highest BCUT2D eigenvalue weighted by Crippen LogP contribution is 2.30. The second-order valence-electron chi connectivity index (χ2n) is 8.84. The molecule has 170 valence electrons. The van der Waals surface area contributed by atoms with E-state index in [9.17, 15) is 18.4 Å². The lowest BCUT2D eigenvalue weighted by atomic mass is 9.88. The van der Waals surface area contributed by atoms with Gasteiger partial charge in [-0.15, -0.1) is 0 Å². The van der Waals surface area contributed by atoms with Gasteiger partial charge in [0, 0.05) is 30.8 Å². The van der Waals surface area contributed by atoms with E-state index in [-0.39, 0.29) is 18.0 Å². The van der Waals surface area contributed by atoms with E-state index in [2.05, 4.69) is 41.4 Å². The highest BCUT2D eigenvalue weighted by molar-refractivity contribution is 5.96. The zero-order chi connectivity index (χ0) is 22.7. The summed E-state index contributed by atoms with van der Waals surface area (Å²) in [5.41, 5.74) is 2.56. The number of halogens is 2. The molecule has 1 N–H and O–H groups in total. The highest BCUT2D eigenvalue weighted by atomic mass is 19.1. The SMILES string of the molecule is Cc1ccc(C2CCN(C3CCN(C(=O)CNC(=O)c4cc(F)cc(F)c4)C3)CC2)cc1. The Morgan fingerprint density at radius 1 is 0.969 bits per heavy atom. The largest absolute Gasteiger partial charge is 0.343 e. The fourth-order valence-electron chi connectivity index (χ4n) is 4.76. The van der Waals surface area contributed by atoms with Crippen molar-refractivity contribution in [3.05, 3.63) is 70.8 Å². The fraction of sp³-hybridized carbons (Fsp3) is 0.440. The maximum Gasteiger partial charge on any atom is 0.251 e. The van der Waals surface area contributed by atoms with Gasteiger partial charge in [-0.25, -0.2) is 8.78 Å². The predicted octanol–water partition coefficient (Wildman–Crippen LogP) is 3.48. The predicted molar refractivity (Wildman–Crippen MR) is 118 cm³/mol. The van der Waals surface area contributed by atoms with Crippen molar-refractivity contribution in [2.45, 2.75) is 38.1 Å². The van der Waals surface area contributed by atoms with E-state index in [1.54, 1.807) is 4.90 Å². The van der Waals surface area contributed by atoms with Crippen LogP contribution in [0.2, 0.25) is 0 Å². The van der Waals surface area contributed by atoms with E-state index in [0.717, 1.165) is 44.5 Å². The van der Waals surface area contributed by atoms with E-state index in [1.165, 1.54) is 11.1 Å². The summed E-state index contributed by atoms with van der Waals surface area (Å²) in [7, 11) is 0. The Morgan fingerprint density at radius 2 is 1.62 bits per heavy atom. The summed E-state index contributed by atoms with van der Waals surface area (Å²) in [4.78, 5) is 28.9. The third-order valence-electron chi connectivity index (χ3n) is 6.64. The van der Waals surface area contributed by atoms with Gasteiger partial charge in [0.1, 0.15) is 11.6 Å². The first-order valence-corrected chi connectivity index (χ1v) is 11.2. The highest BCUT2D eigenvalue weighted by Gasteiger charge is 2.32. The maximum absolute atomic E-state index is 13.3. The Balaban J connectivity index is 1.23. The van der Waals surface area contributed by atoms with Crippen molar-refractivity contribution in [3.63, 3.8) is 0 Å². The van der Waals surface area contributed by atoms with Gasteiger partial charge in [-0.2, -0.15) is 0 Å². The molecule has 32 heavy (non-hydrogen) atoms. The second-order valence-corrected chi connectivity index (χ2v) is 8.84. The van der Waals surface area contributed by atoms with Crippen LogP contribution < -0.4 is 5.32 Å². The van der Waals surface area contributed by atoms with E-state index in [1.807, 2.05) is 0 Å². The first kappa shape index (κ1) is 22.4. The molecule has 2 saturated heterocycles. The minimum absolute atomic E-state index is 0.133. The molecular formula is C25H29F2N3O2. The number of rotatable bonds is 5. The number of benzene rings is 2. The minimum atomic E-state index is -0.824. The molecule has 2 heterocycles. The van der Waals surface area contributed by atoms with Gasteiger partial charge in [-0.05, 0) is 62.9 Å². The monoisotopic (exact) mass is 441 g/mol. The standard InChI is InChI=1S/C25H29F2N3O2/c1-17-2-4-18(5-3-17)19-6-9-29(10-7-19)23-8-11-30(16-23)24(31)15-28-25(32)20-12-21(26)14-22(27)13-20/h2-5,12-14,19,23H,6-11,15-16H2,1H3,(H,28,32). The van der Waals surface area contributed by atoms with Crippen LogP contribution in [0.15, 0.2) is 42.5 Å². The van der Waals surface area contributed by atoms with Crippen LogP contribution in [0.1, 0.15) is 46.7 Å². The minimum Gasteiger partial charge on any atom is -0.343 e. The molecule has 0 saturated carbocycles. The number of carbonyl (C=O) groups excluding carboxylic acids is 2. The van der Waals surface area contributed by atoms with Crippen molar-refractivity contribution in [3.8, 4) is 0 Å². The quantitative estimate of drug-likeness (QED) is 0.773. The van der Waals surface area contributed by atoms with Crippen molar-refractivity contribution in [1.29, 1.82) is 0 Å². The van der Waals surface area contributed by atoms with E-state index in [4.69, 9.17) is 0 Å². The smallest absolute Gasteiger partial charge is 0.251 e. The Kier molecular flexibility index (Phi) is 6.84. The summed E-state index contributed by atoms with van der Waals surface area (Å²) < 4.78 is 26.6. The van der Waals surface area contributed by atoms with Crippen molar-refractivity contribution >= 4 is 11.8 Å². The number of nitrogens with zero attached hydrogens (tertiary/aromatic N) is 2. The average Bonchev–Trinajstić information content (AvgIpc) is 3.28. The molecule has 0 aromatic heterocycles. The Labute approximate surface area is 187 Å². The third kappa shape index (κ3) is 5.33. The first-order chi connectivity index (χ1) is 15.4. The maximum atomic E-state index is 13.3. The normalized spacial score (nSPS) is 19.8. The molecule has 0 spiro atoms. The van der Waals surface area contributed by atoms with Crippen molar-refractivity contribution in [1.82, 2.24) is 15.1 Å². The van der Waals surface area contributed by atoms with E-state index < -0.39 is 17.5 Å². The Hall–Kier alpha value is -2.80. The second kappa shape index (κ2) is 9.77. The molecule has 2 amide bonds. The number of amides is 2. The zero-order valence-corrected chi connectivity index (χ0v) is 18.3. The molecule has 1 unspecified atom stereocenters. The van der Waals surface area contributed by atoms with Crippen molar-refractivity contribution in [2.75, 3.05) is 32.7 Å². The number of hydrogen-bond acceptors (Lipinski definition) is 3. The van der Waals surface area contributed by atoms with E-state index >= 15 is 0 Å². The molecule has 0 aliphatic carbocycles. The van der Waals surface area contributed by atoms with Gasteiger partial charge in [0.15, 0.2) is 0 Å². The Bertz CT molecular complexity index is 951. The summed E-state index contributed by atoms with van der Waals surface area (Å²) in [6.45, 7) is 5.27. The van der Waals surface area contributed by atoms with Crippen molar-refractivity contribution in [2.24, 2.45) is 0 Å². The lowest BCUT2D eigenvalue weighted by Crippen LogP contribution is -2.44. The number of carbonyl (C=O) groups is 2. The molecule has 0 bridgehead atoms. The van der Waals surface area contributed by atoms with Crippen LogP contribution >= 0.6 is 0 Å². The van der Waals surface area contributed by atoms with Crippen LogP contribution in [0.25, 0.3) is 0 Å². The molecule has 5 nitrogen and oxygen atoms in total. The number of piperidine rings is 1. The first-order valence-electron chi connectivity index (χ1n) is 11.2. The molecule has 7 heteroatoms. The van der Waals surface area contributed by atoms with E-state index in [0.29, 0.717) is 31.1 Å². The molecule has 2 aliphatic heterocycles. The van der Waals surface area contributed by atoms with Crippen molar-refractivity contribution < 1.29 is 18.4 Å². The van der Waals surface area contributed by atoms with Gasteiger partial charge in [0.2, 0.25) is 5.91 Å². The van der Waals surface area contributed by atoms with Gasteiger partial charge in [0.05, 0.1) is 6.54 Å². The molecule has 2 fully saturated rings. The van der Waals surface area contributed by atoms with Crippen LogP contribution in [0.5, 0.6) is 0 Å².